The quantitative estimate of drug-likeness (QED) is 0.745. The van der Waals surface area contributed by atoms with Crippen LogP contribution in [0.1, 0.15) is 16.8 Å². The Morgan fingerprint density at radius 2 is 2.21 bits per heavy atom. The molecule has 1 aromatic rings. The van der Waals surface area contributed by atoms with Gasteiger partial charge in [0, 0.05) is 19.0 Å². The van der Waals surface area contributed by atoms with E-state index in [2.05, 4.69) is 10.6 Å². The van der Waals surface area contributed by atoms with Crippen LogP contribution < -0.4 is 10.6 Å². The van der Waals surface area contributed by atoms with Crippen molar-refractivity contribution in [2.45, 2.75) is 12.5 Å². The van der Waals surface area contributed by atoms with Gasteiger partial charge in [-0.3, -0.25) is 4.79 Å². The molecular formula is C13H16N2O4. The number of carboxylic acid groups (broad SMARTS) is 1. The summed E-state index contributed by atoms with van der Waals surface area (Å²) in [6, 6.07) is 6.32. The Hall–Kier alpha value is -1.92. The van der Waals surface area contributed by atoms with Crippen LogP contribution in [0, 0.1) is 0 Å². The zero-order valence-electron chi connectivity index (χ0n) is 10.4. The van der Waals surface area contributed by atoms with E-state index in [1.807, 2.05) is 0 Å². The summed E-state index contributed by atoms with van der Waals surface area (Å²) < 4.78 is 5.26. The minimum absolute atomic E-state index is 0.0225. The number of amides is 1. The molecule has 0 bridgehead atoms. The summed E-state index contributed by atoms with van der Waals surface area (Å²) in [5, 5.41) is 14.8. The number of hydrogen-bond acceptors (Lipinski definition) is 4. The van der Waals surface area contributed by atoms with Gasteiger partial charge in [-0.25, -0.2) is 4.79 Å². The lowest BCUT2D eigenvalue weighted by atomic mass is 10.1. The smallest absolute Gasteiger partial charge is 0.337 e. The number of benzene rings is 1. The topological polar surface area (TPSA) is 87.7 Å². The fraction of sp³-hybridized carbons (Fsp3) is 0.385. The van der Waals surface area contributed by atoms with Crippen molar-refractivity contribution in [3.8, 4) is 0 Å². The summed E-state index contributed by atoms with van der Waals surface area (Å²) in [6.45, 7) is 1.87. The summed E-state index contributed by atoms with van der Waals surface area (Å²) in [5.41, 5.74) is 0.403. The first-order valence-electron chi connectivity index (χ1n) is 6.10. The highest BCUT2D eigenvalue weighted by molar-refractivity contribution is 6.00. The van der Waals surface area contributed by atoms with Crippen LogP contribution >= 0.6 is 0 Å². The van der Waals surface area contributed by atoms with Crippen molar-refractivity contribution in [3.63, 3.8) is 0 Å². The first-order chi connectivity index (χ1) is 9.16. The molecule has 1 fully saturated rings. The number of para-hydroxylation sites is 1. The van der Waals surface area contributed by atoms with Gasteiger partial charge in [0.1, 0.15) is 0 Å². The van der Waals surface area contributed by atoms with Gasteiger partial charge in [-0.1, -0.05) is 12.1 Å². The van der Waals surface area contributed by atoms with E-state index in [4.69, 9.17) is 9.84 Å². The van der Waals surface area contributed by atoms with Crippen molar-refractivity contribution in [1.82, 2.24) is 5.32 Å². The minimum Gasteiger partial charge on any atom is -0.478 e. The number of aromatic carboxylic acids is 1. The molecule has 2 rings (SSSR count). The molecule has 3 N–H and O–H groups in total. The number of carboxylic acids is 1. The van der Waals surface area contributed by atoms with Crippen molar-refractivity contribution in [2.75, 3.05) is 25.1 Å². The predicted octanol–water partition coefficient (Wildman–Crippen LogP) is 0.702. The second-order valence-corrected chi connectivity index (χ2v) is 4.33. The maximum absolute atomic E-state index is 11.9. The molecule has 0 aliphatic carbocycles. The summed E-state index contributed by atoms with van der Waals surface area (Å²) >= 11 is 0. The van der Waals surface area contributed by atoms with Gasteiger partial charge in [0.15, 0.2) is 0 Å². The number of hydrogen-bond donors (Lipinski definition) is 3. The van der Waals surface area contributed by atoms with Crippen LogP contribution in [0.2, 0.25) is 0 Å². The van der Waals surface area contributed by atoms with Crippen molar-refractivity contribution < 1.29 is 19.4 Å². The van der Waals surface area contributed by atoms with Crippen molar-refractivity contribution >= 4 is 17.6 Å². The third kappa shape index (κ3) is 3.77. The summed E-state index contributed by atoms with van der Waals surface area (Å²) in [4.78, 5) is 22.9. The first-order valence-corrected chi connectivity index (χ1v) is 6.10. The molecule has 0 radical (unpaired) electrons. The molecule has 102 valence electrons. The Kier molecular flexibility index (Phi) is 4.48. The van der Waals surface area contributed by atoms with Gasteiger partial charge in [-0.15, -0.1) is 0 Å². The van der Waals surface area contributed by atoms with E-state index < -0.39 is 5.97 Å². The number of morpholine rings is 1. The molecule has 1 amide bonds. The number of carbonyl (C=O) groups excluding carboxylic acids is 1. The second-order valence-electron chi connectivity index (χ2n) is 4.33. The molecule has 1 saturated heterocycles. The van der Waals surface area contributed by atoms with Crippen LogP contribution in [0.25, 0.3) is 0 Å². The van der Waals surface area contributed by atoms with Gasteiger partial charge in [0.2, 0.25) is 5.91 Å². The number of nitrogens with one attached hydrogen (secondary N) is 2. The molecule has 0 spiro atoms. The molecule has 1 aliphatic rings. The minimum atomic E-state index is -1.06. The van der Waals surface area contributed by atoms with Crippen LogP contribution in [0.5, 0.6) is 0 Å². The fourth-order valence-corrected chi connectivity index (χ4v) is 1.95. The van der Waals surface area contributed by atoms with E-state index in [0.717, 1.165) is 6.54 Å². The Bertz CT molecular complexity index is 469. The first kappa shape index (κ1) is 13.5. The van der Waals surface area contributed by atoms with Crippen LogP contribution in [0.4, 0.5) is 5.69 Å². The van der Waals surface area contributed by atoms with Crippen molar-refractivity contribution in [3.05, 3.63) is 29.8 Å². The van der Waals surface area contributed by atoms with E-state index in [1.54, 1.807) is 18.2 Å². The molecule has 0 saturated carbocycles. The van der Waals surface area contributed by atoms with Gasteiger partial charge in [0.05, 0.1) is 24.5 Å². The molecule has 1 aliphatic heterocycles. The largest absolute Gasteiger partial charge is 0.478 e. The molecule has 6 nitrogen and oxygen atoms in total. The molecule has 1 unspecified atom stereocenters. The standard InChI is InChI=1S/C13H16N2O4/c16-12(7-9-8-19-6-5-14-9)15-11-4-2-1-3-10(11)13(17)18/h1-4,9,14H,5-8H2,(H,15,16)(H,17,18). The molecule has 1 atom stereocenters. The lowest BCUT2D eigenvalue weighted by molar-refractivity contribution is -0.117. The SMILES string of the molecule is O=C(CC1COCCN1)Nc1ccccc1C(=O)O. The lowest BCUT2D eigenvalue weighted by Gasteiger charge is -2.23. The monoisotopic (exact) mass is 264 g/mol. The normalized spacial score (nSPS) is 18.8. The maximum Gasteiger partial charge on any atom is 0.337 e. The zero-order chi connectivity index (χ0) is 13.7. The highest BCUT2D eigenvalue weighted by Crippen LogP contribution is 2.15. The van der Waals surface area contributed by atoms with Gasteiger partial charge in [-0.05, 0) is 12.1 Å². The van der Waals surface area contributed by atoms with Crippen LogP contribution in [-0.4, -0.2) is 42.8 Å². The maximum atomic E-state index is 11.9. The predicted molar refractivity (Wildman–Crippen MR) is 69.3 cm³/mol. The van der Waals surface area contributed by atoms with Gasteiger partial charge in [0.25, 0.3) is 0 Å². The van der Waals surface area contributed by atoms with Crippen LogP contribution in [-0.2, 0) is 9.53 Å². The average molecular weight is 264 g/mol. The van der Waals surface area contributed by atoms with Crippen LogP contribution in [0.3, 0.4) is 0 Å². The fourth-order valence-electron chi connectivity index (χ4n) is 1.95. The third-order valence-corrected chi connectivity index (χ3v) is 2.86. The van der Waals surface area contributed by atoms with E-state index in [9.17, 15) is 9.59 Å². The van der Waals surface area contributed by atoms with E-state index >= 15 is 0 Å². The second kappa shape index (κ2) is 6.31. The summed E-state index contributed by atoms with van der Waals surface area (Å²) in [6.07, 6.45) is 0.258. The van der Waals surface area contributed by atoms with Crippen LogP contribution in [0.15, 0.2) is 24.3 Å². The molecule has 19 heavy (non-hydrogen) atoms. The molecule has 1 heterocycles. The molecule has 6 heteroatoms. The molecular weight excluding hydrogens is 248 g/mol. The Morgan fingerprint density at radius 1 is 1.42 bits per heavy atom. The van der Waals surface area contributed by atoms with Gasteiger partial charge in [-0.2, -0.15) is 0 Å². The zero-order valence-corrected chi connectivity index (χ0v) is 10.4. The van der Waals surface area contributed by atoms with Gasteiger partial charge >= 0.3 is 5.97 Å². The third-order valence-electron chi connectivity index (χ3n) is 2.86. The van der Waals surface area contributed by atoms with Gasteiger partial charge < -0.3 is 20.5 Å². The molecule has 0 aromatic heterocycles. The highest BCUT2D eigenvalue weighted by atomic mass is 16.5. The Labute approximate surface area is 110 Å². The van der Waals surface area contributed by atoms with E-state index in [1.165, 1.54) is 6.07 Å². The Morgan fingerprint density at radius 3 is 2.89 bits per heavy atom. The number of ether oxygens (including phenoxy) is 1. The van der Waals surface area contributed by atoms with E-state index in [-0.39, 0.29) is 23.9 Å². The van der Waals surface area contributed by atoms with E-state index in [0.29, 0.717) is 18.9 Å². The lowest BCUT2D eigenvalue weighted by Crippen LogP contribution is -2.43. The Balaban J connectivity index is 1.96. The highest BCUT2D eigenvalue weighted by Gasteiger charge is 2.18. The number of carbonyl (C=O) groups is 2. The summed E-state index contributed by atoms with van der Waals surface area (Å²) in [7, 11) is 0. The van der Waals surface area contributed by atoms with Crippen molar-refractivity contribution in [2.24, 2.45) is 0 Å². The number of rotatable bonds is 4. The number of anilines is 1. The average Bonchev–Trinajstić information content (AvgIpc) is 2.40. The summed E-state index contributed by atoms with van der Waals surface area (Å²) in [5.74, 6) is -1.29. The molecule has 1 aromatic carbocycles. The van der Waals surface area contributed by atoms with Crippen molar-refractivity contribution in [1.29, 1.82) is 0 Å².